The monoisotopic (exact) mass is 210 g/mol. The molecule has 0 radical (unpaired) electrons. The van der Waals surface area contributed by atoms with E-state index in [1.807, 2.05) is 0 Å². The van der Waals surface area contributed by atoms with Crippen molar-refractivity contribution in [2.24, 2.45) is 5.73 Å². The van der Waals surface area contributed by atoms with Crippen LogP contribution in [-0.4, -0.2) is 29.6 Å². The molecule has 0 spiro atoms. The Morgan fingerprint density at radius 1 is 1.00 bits per heavy atom. The van der Waals surface area contributed by atoms with Crippen molar-refractivity contribution >= 4 is 0 Å². The highest BCUT2D eigenvalue weighted by molar-refractivity contribution is 4.91. The van der Waals surface area contributed by atoms with Gasteiger partial charge in [0.15, 0.2) is 0 Å². The molecule has 2 unspecified atom stereocenters. The van der Waals surface area contributed by atoms with E-state index in [4.69, 9.17) is 5.73 Å². The molecule has 2 aliphatic rings. The molecule has 2 fully saturated rings. The van der Waals surface area contributed by atoms with E-state index in [9.17, 15) is 0 Å². The molecule has 2 aliphatic carbocycles. The largest absolute Gasteiger partial charge is 0.326 e. The fourth-order valence-electron chi connectivity index (χ4n) is 3.56. The van der Waals surface area contributed by atoms with Gasteiger partial charge in [-0.15, -0.1) is 0 Å². The Morgan fingerprint density at radius 2 is 1.73 bits per heavy atom. The maximum atomic E-state index is 6.22. The average Bonchev–Trinajstić information content (AvgIpc) is 2.68. The number of nitrogens with zero attached hydrogens (tertiary/aromatic N) is 1. The Hall–Kier alpha value is -0.0800. The molecule has 0 saturated heterocycles. The molecule has 0 aromatic heterocycles. The average molecular weight is 210 g/mol. The normalized spacial score (nSPS) is 33.8. The highest BCUT2D eigenvalue weighted by atomic mass is 15.2. The quantitative estimate of drug-likeness (QED) is 0.775. The van der Waals surface area contributed by atoms with Crippen LogP contribution in [-0.2, 0) is 0 Å². The summed E-state index contributed by atoms with van der Waals surface area (Å²) in [5.74, 6) is 0. The lowest BCUT2D eigenvalue weighted by Crippen LogP contribution is -2.49. The van der Waals surface area contributed by atoms with Gasteiger partial charge in [0.25, 0.3) is 0 Å². The van der Waals surface area contributed by atoms with Crippen molar-refractivity contribution in [3.8, 4) is 0 Å². The lowest BCUT2D eigenvalue weighted by atomic mass is 9.92. The maximum Gasteiger partial charge on any atom is 0.0250 e. The third-order valence-corrected chi connectivity index (χ3v) is 4.37. The summed E-state index contributed by atoms with van der Waals surface area (Å²) in [6.07, 6.45) is 11.1. The molecule has 2 rings (SSSR count). The second kappa shape index (κ2) is 5.31. The van der Waals surface area contributed by atoms with Gasteiger partial charge in [0.1, 0.15) is 0 Å². The molecule has 0 heterocycles. The molecule has 15 heavy (non-hydrogen) atoms. The number of rotatable bonds is 3. The van der Waals surface area contributed by atoms with Gasteiger partial charge in [-0.25, -0.2) is 0 Å². The summed E-state index contributed by atoms with van der Waals surface area (Å²) in [7, 11) is 0. The third-order valence-electron chi connectivity index (χ3n) is 4.37. The van der Waals surface area contributed by atoms with E-state index in [1.54, 1.807) is 0 Å². The van der Waals surface area contributed by atoms with Crippen molar-refractivity contribution in [1.29, 1.82) is 0 Å². The summed E-state index contributed by atoms with van der Waals surface area (Å²) < 4.78 is 0. The summed E-state index contributed by atoms with van der Waals surface area (Å²) in [6.45, 7) is 3.50. The van der Waals surface area contributed by atoms with Crippen LogP contribution in [0.25, 0.3) is 0 Å². The summed E-state index contributed by atoms with van der Waals surface area (Å²) in [5, 5.41) is 0. The summed E-state index contributed by atoms with van der Waals surface area (Å²) in [5.41, 5.74) is 6.22. The van der Waals surface area contributed by atoms with E-state index in [1.165, 1.54) is 57.9 Å². The van der Waals surface area contributed by atoms with Gasteiger partial charge >= 0.3 is 0 Å². The Bertz CT molecular complexity index is 187. The minimum absolute atomic E-state index is 0.451. The van der Waals surface area contributed by atoms with E-state index in [2.05, 4.69) is 11.8 Å². The second-order valence-corrected chi connectivity index (χ2v) is 5.28. The molecule has 2 atom stereocenters. The number of hydrogen-bond acceptors (Lipinski definition) is 2. The van der Waals surface area contributed by atoms with Gasteiger partial charge in [-0.3, -0.25) is 4.90 Å². The lowest BCUT2D eigenvalue weighted by molar-refractivity contribution is 0.104. The minimum Gasteiger partial charge on any atom is -0.326 e. The second-order valence-electron chi connectivity index (χ2n) is 5.28. The first kappa shape index (κ1) is 11.4. The fourth-order valence-corrected chi connectivity index (χ4v) is 3.56. The molecular formula is C13H26N2. The topological polar surface area (TPSA) is 29.3 Å². The minimum atomic E-state index is 0.451. The van der Waals surface area contributed by atoms with Crippen molar-refractivity contribution in [3.05, 3.63) is 0 Å². The van der Waals surface area contributed by atoms with E-state index in [0.717, 1.165) is 6.04 Å². The molecule has 2 saturated carbocycles. The fraction of sp³-hybridized carbons (Fsp3) is 1.00. The first-order valence-corrected chi connectivity index (χ1v) is 6.84. The molecule has 2 heteroatoms. The summed E-state index contributed by atoms with van der Waals surface area (Å²) >= 11 is 0. The molecular weight excluding hydrogens is 184 g/mol. The smallest absolute Gasteiger partial charge is 0.0250 e. The molecule has 0 aromatic carbocycles. The standard InChI is InChI=1S/C13H26N2/c1-2-15(11-7-4-3-5-8-11)13-10-6-9-12(13)14/h11-13H,2-10,14H2,1H3. The van der Waals surface area contributed by atoms with Crippen LogP contribution in [0.1, 0.15) is 58.3 Å². The highest BCUT2D eigenvalue weighted by Crippen LogP contribution is 2.29. The molecule has 0 aromatic rings. The lowest BCUT2D eigenvalue weighted by Gasteiger charge is -2.39. The number of hydrogen-bond donors (Lipinski definition) is 1. The SMILES string of the molecule is CCN(C1CCCCC1)C1CCCC1N. The van der Waals surface area contributed by atoms with Gasteiger partial charge in [-0.05, 0) is 32.2 Å². The van der Waals surface area contributed by atoms with Crippen molar-refractivity contribution in [2.45, 2.75) is 76.4 Å². The highest BCUT2D eigenvalue weighted by Gasteiger charge is 2.32. The van der Waals surface area contributed by atoms with E-state index in [0.29, 0.717) is 12.1 Å². The molecule has 0 bridgehead atoms. The van der Waals surface area contributed by atoms with Crippen molar-refractivity contribution in [2.75, 3.05) is 6.54 Å². The van der Waals surface area contributed by atoms with E-state index >= 15 is 0 Å². The van der Waals surface area contributed by atoms with Crippen LogP contribution in [0.5, 0.6) is 0 Å². The molecule has 88 valence electrons. The van der Waals surface area contributed by atoms with Gasteiger partial charge in [-0.1, -0.05) is 32.6 Å². The first-order chi connectivity index (χ1) is 7.33. The van der Waals surface area contributed by atoms with Crippen LogP contribution in [0.3, 0.4) is 0 Å². The van der Waals surface area contributed by atoms with Crippen LogP contribution in [0.4, 0.5) is 0 Å². The van der Waals surface area contributed by atoms with Gasteiger partial charge in [0.2, 0.25) is 0 Å². The predicted molar refractivity (Wildman–Crippen MR) is 64.9 cm³/mol. The van der Waals surface area contributed by atoms with E-state index < -0.39 is 0 Å². The molecule has 2 nitrogen and oxygen atoms in total. The number of likely N-dealkylation sites (N-methyl/N-ethyl adjacent to an activating group) is 1. The summed E-state index contributed by atoms with van der Waals surface area (Å²) in [6, 6.07) is 1.99. The zero-order valence-corrected chi connectivity index (χ0v) is 10.1. The number of nitrogens with two attached hydrogens (primary N) is 1. The van der Waals surface area contributed by atoms with Gasteiger partial charge < -0.3 is 5.73 Å². The van der Waals surface area contributed by atoms with Gasteiger partial charge in [-0.2, -0.15) is 0 Å². The predicted octanol–water partition coefficient (Wildman–Crippen LogP) is 2.52. The van der Waals surface area contributed by atoms with E-state index in [-0.39, 0.29) is 0 Å². The molecule has 0 aliphatic heterocycles. The van der Waals surface area contributed by atoms with Crippen molar-refractivity contribution in [3.63, 3.8) is 0 Å². The first-order valence-electron chi connectivity index (χ1n) is 6.84. The zero-order chi connectivity index (χ0) is 10.7. The third kappa shape index (κ3) is 2.54. The molecule has 2 N–H and O–H groups in total. The van der Waals surface area contributed by atoms with Crippen LogP contribution >= 0.6 is 0 Å². The van der Waals surface area contributed by atoms with Gasteiger partial charge in [0, 0.05) is 18.1 Å². The Morgan fingerprint density at radius 3 is 2.27 bits per heavy atom. The van der Waals surface area contributed by atoms with Crippen LogP contribution in [0.2, 0.25) is 0 Å². The van der Waals surface area contributed by atoms with Crippen molar-refractivity contribution in [1.82, 2.24) is 4.90 Å². The Labute approximate surface area is 94.2 Å². The van der Waals surface area contributed by atoms with Crippen LogP contribution < -0.4 is 5.73 Å². The van der Waals surface area contributed by atoms with Crippen molar-refractivity contribution < 1.29 is 0 Å². The zero-order valence-electron chi connectivity index (χ0n) is 10.1. The Kier molecular flexibility index (Phi) is 4.04. The van der Waals surface area contributed by atoms with Gasteiger partial charge in [0.05, 0.1) is 0 Å². The molecule has 0 amide bonds. The van der Waals surface area contributed by atoms with Crippen LogP contribution in [0, 0.1) is 0 Å². The Balaban J connectivity index is 1.95. The summed E-state index contributed by atoms with van der Waals surface area (Å²) in [4.78, 5) is 2.72. The van der Waals surface area contributed by atoms with Crippen LogP contribution in [0.15, 0.2) is 0 Å². The maximum absolute atomic E-state index is 6.22.